The van der Waals surface area contributed by atoms with Crippen LogP contribution in [-0.4, -0.2) is 0 Å². The van der Waals surface area contributed by atoms with Crippen molar-refractivity contribution in [2.75, 3.05) is 4.31 Å². The molecule has 0 saturated heterocycles. The lowest BCUT2D eigenvalue weighted by Gasteiger charge is -2.28. The van der Waals surface area contributed by atoms with Crippen LogP contribution in [-0.2, 0) is 0 Å². The second kappa shape index (κ2) is 10.2. The van der Waals surface area contributed by atoms with Crippen LogP contribution in [0.5, 0.6) is 0 Å². The van der Waals surface area contributed by atoms with Gasteiger partial charge in [0.05, 0.1) is 11.4 Å². The highest BCUT2D eigenvalue weighted by Crippen LogP contribution is 2.61. The van der Waals surface area contributed by atoms with Gasteiger partial charge in [-0.25, -0.2) is 4.31 Å². The molecule has 0 fully saturated rings. The number of anilines is 2. The number of para-hydroxylation sites is 2. The third kappa shape index (κ3) is 6.12. The van der Waals surface area contributed by atoms with E-state index in [0.29, 0.717) is 4.31 Å². The van der Waals surface area contributed by atoms with Crippen molar-refractivity contribution in [3.63, 3.8) is 0 Å². The van der Waals surface area contributed by atoms with Crippen LogP contribution in [0.3, 0.4) is 0 Å². The molecule has 0 aromatic heterocycles. The second-order valence-electron chi connectivity index (χ2n) is 3.35. The summed E-state index contributed by atoms with van der Waals surface area (Å²) in [6, 6.07) is 15.6. The van der Waals surface area contributed by atoms with Crippen LogP contribution in [0.15, 0.2) is 60.7 Å². The summed E-state index contributed by atoms with van der Waals surface area (Å²) < 4.78 is 39.7. The van der Waals surface area contributed by atoms with Gasteiger partial charge in [0.1, 0.15) is 0 Å². The molecule has 0 heterocycles. The predicted molar refractivity (Wildman–Crippen MR) is 88.6 cm³/mol. The minimum Gasteiger partial charge on any atom is -0.229 e. The Morgan fingerprint density at radius 2 is 0.905 bits per heavy atom. The first-order chi connectivity index (χ1) is 10.1. The van der Waals surface area contributed by atoms with Crippen LogP contribution in [0.4, 0.5) is 23.0 Å². The minimum atomic E-state index is -5.34. The molecule has 0 unspecified atom stereocenters. The van der Waals surface area contributed by atoms with Crippen LogP contribution in [0.2, 0.25) is 0 Å². The van der Waals surface area contributed by atoms with Crippen LogP contribution in [0.1, 0.15) is 27.7 Å². The first-order valence-electron chi connectivity index (χ1n) is 6.91. The van der Waals surface area contributed by atoms with E-state index in [2.05, 4.69) is 0 Å². The highest BCUT2D eigenvalue weighted by atomic mass is 32.3. The van der Waals surface area contributed by atoms with Crippen molar-refractivity contribution in [2.45, 2.75) is 27.7 Å². The average Bonchev–Trinajstić information content (AvgIpc) is 2.52. The van der Waals surface area contributed by atoms with Gasteiger partial charge in [-0.2, -0.15) is 0 Å². The molecule has 0 aliphatic rings. The fraction of sp³-hybridized carbons (Fsp3) is 0.250. The summed E-state index contributed by atoms with van der Waals surface area (Å²) >= 11 is -5.34. The normalized spacial score (nSPS) is 10.4. The van der Waals surface area contributed by atoms with Crippen molar-refractivity contribution < 1.29 is 11.7 Å². The van der Waals surface area contributed by atoms with Crippen molar-refractivity contribution in [1.82, 2.24) is 0 Å². The van der Waals surface area contributed by atoms with E-state index in [4.69, 9.17) is 0 Å². The van der Waals surface area contributed by atoms with E-state index in [1.807, 2.05) is 27.7 Å². The first-order valence-corrected chi connectivity index (χ1v) is 8.21. The van der Waals surface area contributed by atoms with Crippen LogP contribution in [0.25, 0.3) is 0 Å². The first kappa shape index (κ1) is 19.4. The number of halogens is 3. The summed E-state index contributed by atoms with van der Waals surface area (Å²) in [4.78, 5) is 0. The average molecular weight is 317 g/mol. The Labute approximate surface area is 127 Å². The molecule has 0 amide bonds. The van der Waals surface area contributed by atoms with E-state index >= 15 is 0 Å². The lowest BCUT2D eigenvalue weighted by Crippen LogP contribution is -2.13. The van der Waals surface area contributed by atoms with Gasteiger partial charge in [-0.3, -0.25) is 0 Å². The maximum atomic E-state index is 13.1. The fourth-order valence-electron chi connectivity index (χ4n) is 1.51. The molecule has 0 spiro atoms. The topological polar surface area (TPSA) is 3.24 Å². The maximum absolute atomic E-state index is 13.1. The third-order valence-corrected chi connectivity index (χ3v) is 3.02. The Morgan fingerprint density at radius 3 is 1.14 bits per heavy atom. The van der Waals surface area contributed by atoms with Crippen molar-refractivity contribution in [1.29, 1.82) is 0 Å². The largest absolute Gasteiger partial charge is 0.306 e. The summed E-state index contributed by atoms with van der Waals surface area (Å²) in [5.41, 5.74) is 0.280. The molecule has 5 heteroatoms. The van der Waals surface area contributed by atoms with Crippen LogP contribution in [0, 0.1) is 0 Å². The van der Waals surface area contributed by atoms with E-state index in [9.17, 15) is 11.7 Å². The van der Waals surface area contributed by atoms with E-state index in [0.717, 1.165) is 0 Å². The fourth-order valence-corrected chi connectivity index (χ4v) is 2.24. The summed E-state index contributed by atoms with van der Waals surface area (Å²) in [6.07, 6.45) is 0. The molecule has 0 N–H and O–H groups in total. The van der Waals surface area contributed by atoms with Gasteiger partial charge >= 0.3 is 11.4 Å². The van der Waals surface area contributed by atoms with Gasteiger partial charge in [0.2, 0.25) is 0 Å². The summed E-state index contributed by atoms with van der Waals surface area (Å²) in [7, 11) is 0. The molecule has 1 nitrogen and oxygen atoms in total. The third-order valence-electron chi connectivity index (χ3n) is 2.19. The van der Waals surface area contributed by atoms with Crippen LogP contribution < -0.4 is 4.31 Å². The Morgan fingerprint density at radius 1 is 0.619 bits per heavy atom. The second-order valence-corrected chi connectivity index (χ2v) is 4.48. The molecular formula is C16H22F3NS. The minimum absolute atomic E-state index is 0.140. The lowest BCUT2D eigenvalue weighted by atomic mass is 10.3. The summed E-state index contributed by atoms with van der Waals surface area (Å²) in [6.45, 7) is 8.00. The molecular weight excluding hydrogens is 295 g/mol. The zero-order valence-electron chi connectivity index (χ0n) is 12.8. The molecule has 0 saturated carbocycles. The molecule has 2 rings (SSSR count). The molecule has 0 bridgehead atoms. The van der Waals surface area contributed by atoms with E-state index in [1.165, 1.54) is 24.3 Å². The Bertz CT molecular complexity index is 432. The van der Waals surface area contributed by atoms with Gasteiger partial charge in [-0.05, 0) is 24.3 Å². The molecule has 2 aromatic carbocycles. The van der Waals surface area contributed by atoms with Gasteiger partial charge in [-0.15, -0.1) is 11.7 Å². The standard InChI is InChI=1S/C12H10F3NS.2C2H6/c13-17(14,15)16(11-7-3-1-4-8-11)12-9-5-2-6-10-12;2*1-2/h1-10H;2*1-2H3. The number of hydrogen-bond acceptors (Lipinski definition) is 1. The van der Waals surface area contributed by atoms with E-state index in [-0.39, 0.29) is 11.4 Å². The van der Waals surface area contributed by atoms with Crippen molar-refractivity contribution in [3.8, 4) is 0 Å². The Hall–Kier alpha value is -1.62. The van der Waals surface area contributed by atoms with Gasteiger partial charge < -0.3 is 0 Å². The number of rotatable bonds is 3. The smallest absolute Gasteiger partial charge is 0.229 e. The molecule has 0 radical (unpaired) electrons. The van der Waals surface area contributed by atoms with Gasteiger partial charge in [0.15, 0.2) is 0 Å². The molecule has 118 valence electrons. The van der Waals surface area contributed by atoms with Gasteiger partial charge in [0.25, 0.3) is 0 Å². The van der Waals surface area contributed by atoms with Crippen molar-refractivity contribution in [3.05, 3.63) is 60.7 Å². The van der Waals surface area contributed by atoms with Crippen molar-refractivity contribution in [2.24, 2.45) is 0 Å². The SMILES string of the molecule is CC.CC.FS(F)(F)N(c1ccccc1)c1ccccc1. The Balaban J connectivity index is 0.000000921. The molecule has 0 aliphatic carbocycles. The number of nitrogens with zero attached hydrogens (tertiary/aromatic N) is 1. The molecule has 2 aromatic rings. The number of hydrogen-bond donors (Lipinski definition) is 0. The van der Waals surface area contributed by atoms with E-state index < -0.39 is 11.4 Å². The zero-order valence-corrected chi connectivity index (χ0v) is 13.6. The summed E-state index contributed by atoms with van der Waals surface area (Å²) in [5, 5.41) is 0. The number of benzene rings is 2. The van der Waals surface area contributed by atoms with Gasteiger partial charge in [-0.1, -0.05) is 64.1 Å². The maximum Gasteiger partial charge on any atom is 0.306 e. The lowest BCUT2D eigenvalue weighted by molar-refractivity contribution is 0.633. The monoisotopic (exact) mass is 317 g/mol. The predicted octanol–water partition coefficient (Wildman–Crippen LogP) is 7.25. The Kier molecular flexibility index (Phi) is 9.37. The van der Waals surface area contributed by atoms with E-state index in [1.54, 1.807) is 36.4 Å². The van der Waals surface area contributed by atoms with Crippen LogP contribution >= 0.6 is 11.4 Å². The highest BCUT2D eigenvalue weighted by Gasteiger charge is 2.33. The summed E-state index contributed by atoms with van der Waals surface area (Å²) in [5.74, 6) is 0. The molecule has 0 aliphatic heterocycles. The molecule has 0 atom stereocenters. The van der Waals surface area contributed by atoms with Gasteiger partial charge in [0, 0.05) is 0 Å². The zero-order chi connectivity index (χ0) is 16.3. The quantitative estimate of drug-likeness (QED) is 0.576. The highest BCUT2D eigenvalue weighted by molar-refractivity contribution is 8.22. The van der Waals surface area contributed by atoms with Crippen molar-refractivity contribution >= 4 is 22.7 Å². The molecule has 21 heavy (non-hydrogen) atoms.